The van der Waals surface area contributed by atoms with Crippen LogP contribution in [-0.4, -0.2) is 58.5 Å². The molecule has 0 N–H and O–H groups in total. The predicted octanol–water partition coefficient (Wildman–Crippen LogP) is 5.30. The zero-order valence-corrected chi connectivity index (χ0v) is 21.4. The summed E-state index contributed by atoms with van der Waals surface area (Å²) in [6, 6.07) is 3.29. The van der Waals surface area contributed by atoms with Crippen LogP contribution in [0.2, 0.25) is 15.1 Å². The molecule has 0 saturated carbocycles. The third kappa shape index (κ3) is 4.91. The molecule has 0 unspecified atom stereocenters. The van der Waals surface area contributed by atoms with E-state index in [1.165, 1.54) is 0 Å². The maximum absolute atomic E-state index is 12.6. The minimum absolute atomic E-state index is 0.0385. The molecule has 1 atom stereocenters. The smallest absolute Gasteiger partial charge is 0.242 e. The van der Waals surface area contributed by atoms with E-state index in [1.807, 2.05) is 10.3 Å². The first-order valence-corrected chi connectivity index (χ1v) is 13.3. The third-order valence-corrected chi connectivity index (χ3v) is 8.40. The number of nitrogens with zero attached hydrogens (tertiary/aromatic N) is 4. The maximum atomic E-state index is 12.6. The monoisotopic (exact) mass is 540 g/mol. The standard InChI is InChI=1S/C23H23Cl3N4O3S/c24-14-8-15(25)22(16(26)9-14)19-10-17(28-33-19)18-12-34-23(27-18)13-3-6-29(7-4-13)21(32)11-30-5-1-2-20(30)31/h8-9,12-13,19H,1-7,10-11H2/t19-/m1/s1. The van der Waals surface area contributed by atoms with Gasteiger partial charge >= 0.3 is 0 Å². The van der Waals surface area contributed by atoms with Gasteiger partial charge < -0.3 is 14.6 Å². The molecule has 2 fully saturated rings. The Morgan fingerprint density at radius 2 is 1.88 bits per heavy atom. The third-order valence-electron chi connectivity index (χ3n) is 6.55. The molecule has 0 spiro atoms. The van der Waals surface area contributed by atoms with E-state index in [2.05, 4.69) is 5.16 Å². The topological polar surface area (TPSA) is 75.1 Å². The predicted molar refractivity (Wildman–Crippen MR) is 133 cm³/mol. The number of carbonyl (C=O) groups excluding carboxylic acids is 2. The van der Waals surface area contributed by atoms with Crippen molar-refractivity contribution in [3.05, 3.63) is 48.8 Å². The highest BCUT2D eigenvalue weighted by molar-refractivity contribution is 7.10. The second kappa shape index (κ2) is 10.0. The van der Waals surface area contributed by atoms with Crippen molar-refractivity contribution >= 4 is 63.7 Å². The van der Waals surface area contributed by atoms with Crippen molar-refractivity contribution in [2.75, 3.05) is 26.2 Å². The Bertz CT molecular complexity index is 1120. The summed E-state index contributed by atoms with van der Waals surface area (Å²) in [5.41, 5.74) is 2.24. The fraction of sp³-hybridized carbons (Fsp3) is 0.478. The molecular weight excluding hydrogens is 519 g/mol. The van der Waals surface area contributed by atoms with Gasteiger partial charge in [-0.2, -0.15) is 0 Å². The molecule has 1 aromatic heterocycles. The van der Waals surface area contributed by atoms with Crippen LogP contribution < -0.4 is 0 Å². The first-order valence-electron chi connectivity index (χ1n) is 11.3. The molecule has 3 aliphatic heterocycles. The Labute approximate surface area is 216 Å². The lowest BCUT2D eigenvalue weighted by Crippen LogP contribution is -2.44. The number of hydrogen-bond donors (Lipinski definition) is 0. The van der Waals surface area contributed by atoms with Gasteiger partial charge in [0.15, 0.2) is 6.10 Å². The van der Waals surface area contributed by atoms with Gasteiger partial charge in [-0.1, -0.05) is 40.0 Å². The van der Waals surface area contributed by atoms with E-state index in [1.54, 1.807) is 28.4 Å². The van der Waals surface area contributed by atoms with Gasteiger partial charge in [0.05, 0.1) is 27.3 Å². The number of hydrogen-bond acceptors (Lipinski definition) is 6. The van der Waals surface area contributed by atoms with E-state index in [0.29, 0.717) is 59.0 Å². The van der Waals surface area contributed by atoms with Crippen LogP contribution in [0, 0.1) is 0 Å². The fourth-order valence-electron chi connectivity index (χ4n) is 4.66. The van der Waals surface area contributed by atoms with Crippen molar-refractivity contribution in [2.45, 2.75) is 44.1 Å². The van der Waals surface area contributed by atoms with Crippen LogP contribution in [-0.2, 0) is 14.4 Å². The van der Waals surface area contributed by atoms with Crippen molar-refractivity contribution < 1.29 is 14.4 Å². The number of piperidine rings is 1. The average molecular weight is 542 g/mol. The van der Waals surface area contributed by atoms with E-state index in [4.69, 9.17) is 44.6 Å². The van der Waals surface area contributed by atoms with Crippen LogP contribution in [0.15, 0.2) is 22.7 Å². The van der Waals surface area contributed by atoms with Gasteiger partial charge in [0.2, 0.25) is 11.8 Å². The molecule has 5 rings (SSSR count). The van der Waals surface area contributed by atoms with Crippen LogP contribution in [0.25, 0.3) is 0 Å². The largest absolute Gasteiger partial charge is 0.387 e. The molecule has 0 aliphatic carbocycles. The van der Waals surface area contributed by atoms with Gasteiger partial charge in [0, 0.05) is 54.4 Å². The normalized spacial score (nSPS) is 21.2. The van der Waals surface area contributed by atoms with Gasteiger partial charge in [0.25, 0.3) is 0 Å². The summed E-state index contributed by atoms with van der Waals surface area (Å²) < 4.78 is 0. The minimum atomic E-state index is -0.380. The van der Waals surface area contributed by atoms with Crippen LogP contribution >= 0.6 is 46.1 Å². The van der Waals surface area contributed by atoms with Gasteiger partial charge in [0.1, 0.15) is 5.71 Å². The van der Waals surface area contributed by atoms with Crippen molar-refractivity contribution in [2.24, 2.45) is 5.16 Å². The van der Waals surface area contributed by atoms with Crippen molar-refractivity contribution in [3.63, 3.8) is 0 Å². The minimum Gasteiger partial charge on any atom is -0.387 e. The zero-order chi connectivity index (χ0) is 23.8. The summed E-state index contributed by atoms with van der Waals surface area (Å²) >= 11 is 20.3. The molecule has 34 heavy (non-hydrogen) atoms. The highest BCUT2D eigenvalue weighted by atomic mass is 35.5. The number of amides is 2. The highest BCUT2D eigenvalue weighted by Gasteiger charge is 2.32. The first kappa shape index (κ1) is 23.9. The van der Waals surface area contributed by atoms with E-state index in [9.17, 15) is 9.59 Å². The summed E-state index contributed by atoms with van der Waals surface area (Å²) in [7, 11) is 0. The van der Waals surface area contributed by atoms with E-state index in [0.717, 1.165) is 35.7 Å². The fourth-order valence-corrected chi connectivity index (χ4v) is 6.72. The van der Waals surface area contributed by atoms with Gasteiger partial charge in [-0.15, -0.1) is 11.3 Å². The Hall–Kier alpha value is -1.87. The second-order valence-electron chi connectivity index (χ2n) is 8.76. The number of benzene rings is 1. The highest BCUT2D eigenvalue weighted by Crippen LogP contribution is 2.40. The maximum Gasteiger partial charge on any atom is 0.242 e. The van der Waals surface area contributed by atoms with E-state index >= 15 is 0 Å². The Morgan fingerprint density at radius 3 is 2.56 bits per heavy atom. The Balaban J connectivity index is 1.17. The number of carbonyl (C=O) groups is 2. The van der Waals surface area contributed by atoms with Crippen molar-refractivity contribution in [3.8, 4) is 0 Å². The molecule has 11 heteroatoms. The average Bonchev–Trinajstić information content (AvgIpc) is 3.55. The summed E-state index contributed by atoms with van der Waals surface area (Å²) in [6.45, 7) is 2.25. The lowest BCUT2D eigenvalue weighted by molar-refractivity contribution is -0.139. The summed E-state index contributed by atoms with van der Waals surface area (Å²) in [4.78, 5) is 38.4. The van der Waals surface area contributed by atoms with Crippen LogP contribution in [0.3, 0.4) is 0 Å². The van der Waals surface area contributed by atoms with Crippen LogP contribution in [0.5, 0.6) is 0 Å². The molecule has 1 aromatic carbocycles. The van der Waals surface area contributed by atoms with Crippen LogP contribution in [0.4, 0.5) is 0 Å². The molecule has 3 aliphatic rings. The molecule has 0 radical (unpaired) electrons. The van der Waals surface area contributed by atoms with Gasteiger partial charge in [-0.25, -0.2) is 4.98 Å². The lowest BCUT2D eigenvalue weighted by atomic mass is 9.97. The Kier molecular flexibility index (Phi) is 7.02. The van der Waals surface area contributed by atoms with Gasteiger partial charge in [-0.05, 0) is 31.4 Å². The summed E-state index contributed by atoms with van der Waals surface area (Å²) in [6.07, 6.45) is 3.25. The molecule has 180 valence electrons. The Morgan fingerprint density at radius 1 is 1.15 bits per heavy atom. The van der Waals surface area contributed by atoms with Crippen molar-refractivity contribution in [1.29, 1.82) is 0 Å². The molecule has 0 bridgehead atoms. The number of aromatic nitrogens is 1. The number of halogens is 3. The zero-order valence-electron chi connectivity index (χ0n) is 18.3. The number of rotatable bonds is 5. The molecule has 2 aromatic rings. The molecular formula is C23H23Cl3N4O3S. The first-order chi connectivity index (χ1) is 16.4. The van der Waals surface area contributed by atoms with Crippen molar-refractivity contribution in [1.82, 2.24) is 14.8 Å². The molecule has 7 nitrogen and oxygen atoms in total. The number of thiazole rings is 1. The SMILES string of the molecule is O=C(CN1CCCC1=O)N1CCC(c2nc(C3=NO[C@@H](c4c(Cl)cc(Cl)cc4Cl)C3)cs2)CC1. The van der Waals surface area contributed by atoms with E-state index < -0.39 is 0 Å². The second-order valence-corrected chi connectivity index (χ2v) is 10.9. The lowest BCUT2D eigenvalue weighted by Gasteiger charge is -2.32. The number of likely N-dealkylation sites (tertiary alicyclic amines) is 2. The summed E-state index contributed by atoms with van der Waals surface area (Å²) in [5, 5.41) is 8.67. The quantitative estimate of drug-likeness (QED) is 0.515. The summed E-state index contributed by atoms with van der Waals surface area (Å²) in [5.74, 6) is 0.423. The molecule has 2 saturated heterocycles. The molecule has 4 heterocycles. The number of oxime groups is 1. The van der Waals surface area contributed by atoms with E-state index in [-0.39, 0.29) is 24.5 Å². The van der Waals surface area contributed by atoms with Crippen LogP contribution in [0.1, 0.15) is 60.4 Å². The molecule has 2 amide bonds. The van der Waals surface area contributed by atoms with Gasteiger partial charge in [-0.3, -0.25) is 9.59 Å².